The monoisotopic (exact) mass is 331 g/mol. The van der Waals surface area contributed by atoms with Gasteiger partial charge in [-0.15, -0.1) is 0 Å². The topological polar surface area (TPSA) is 77.2 Å². The van der Waals surface area contributed by atoms with Crippen LogP contribution in [0.4, 0.5) is 11.5 Å². The fourth-order valence-corrected chi connectivity index (χ4v) is 2.38. The Morgan fingerprint density at radius 1 is 1.30 bits per heavy atom. The minimum absolute atomic E-state index is 0.276. The van der Waals surface area contributed by atoms with Crippen LogP contribution < -0.4 is 5.32 Å². The van der Waals surface area contributed by atoms with Gasteiger partial charge in [0.25, 0.3) is 0 Å². The number of carbonyl (C=O) groups excluding carboxylic acids is 1. The van der Waals surface area contributed by atoms with E-state index in [1.54, 1.807) is 26.0 Å². The van der Waals surface area contributed by atoms with Crippen LogP contribution in [0.3, 0.4) is 0 Å². The first-order valence-corrected chi connectivity index (χ1v) is 7.41. The zero-order valence-electron chi connectivity index (χ0n) is 12.6. The highest BCUT2D eigenvalue weighted by Crippen LogP contribution is 2.31. The van der Waals surface area contributed by atoms with Gasteiger partial charge in [0, 0.05) is 10.7 Å². The number of aryl methyl sites for hydroxylation is 1. The largest absolute Gasteiger partial charge is 0.462 e. The molecule has 0 aliphatic heterocycles. The molecule has 7 heteroatoms. The van der Waals surface area contributed by atoms with Gasteiger partial charge in [-0.3, -0.25) is 0 Å². The molecule has 0 spiro atoms. The number of furan rings is 1. The summed E-state index contributed by atoms with van der Waals surface area (Å²) in [4.78, 5) is 20.5. The molecule has 23 heavy (non-hydrogen) atoms. The number of ether oxygens (including phenoxy) is 1. The van der Waals surface area contributed by atoms with Crippen LogP contribution in [-0.4, -0.2) is 22.5 Å². The first kappa shape index (κ1) is 15.3. The summed E-state index contributed by atoms with van der Waals surface area (Å²) in [7, 11) is 0. The van der Waals surface area contributed by atoms with Gasteiger partial charge in [-0.2, -0.15) is 0 Å². The van der Waals surface area contributed by atoms with Gasteiger partial charge in [0.1, 0.15) is 23.5 Å². The number of anilines is 2. The molecule has 0 amide bonds. The summed E-state index contributed by atoms with van der Waals surface area (Å²) < 4.78 is 10.6. The number of benzene rings is 1. The molecule has 0 unspecified atom stereocenters. The molecule has 3 rings (SSSR count). The number of hydrogen-bond donors (Lipinski definition) is 1. The SMILES string of the molecule is CCOC(=O)c1c(C)oc2ncnc(Nc3ccc(Cl)cc3)c12. The average molecular weight is 332 g/mol. The van der Waals surface area contributed by atoms with E-state index in [-0.39, 0.29) is 6.61 Å². The number of hydrogen-bond acceptors (Lipinski definition) is 6. The van der Waals surface area contributed by atoms with E-state index < -0.39 is 5.97 Å². The second-order valence-electron chi connectivity index (χ2n) is 4.79. The van der Waals surface area contributed by atoms with Crippen molar-refractivity contribution in [2.24, 2.45) is 0 Å². The summed E-state index contributed by atoms with van der Waals surface area (Å²) in [6, 6.07) is 7.14. The third-order valence-corrected chi connectivity index (χ3v) is 3.50. The number of nitrogens with zero attached hydrogens (tertiary/aromatic N) is 2. The van der Waals surface area contributed by atoms with Crippen LogP contribution in [0.5, 0.6) is 0 Å². The molecule has 0 bridgehead atoms. The van der Waals surface area contributed by atoms with Crippen molar-refractivity contribution in [3.8, 4) is 0 Å². The fraction of sp³-hybridized carbons (Fsp3) is 0.188. The number of rotatable bonds is 4. The van der Waals surface area contributed by atoms with E-state index in [1.807, 2.05) is 12.1 Å². The third kappa shape index (κ3) is 2.98. The van der Waals surface area contributed by atoms with E-state index in [4.69, 9.17) is 20.8 Å². The van der Waals surface area contributed by atoms with E-state index in [0.29, 0.717) is 33.3 Å². The van der Waals surface area contributed by atoms with E-state index in [1.165, 1.54) is 6.33 Å². The number of nitrogens with one attached hydrogen (secondary N) is 1. The Morgan fingerprint density at radius 2 is 2.04 bits per heavy atom. The van der Waals surface area contributed by atoms with Gasteiger partial charge in [-0.25, -0.2) is 14.8 Å². The van der Waals surface area contributed by atoms with Crippen LogP contribution in [0.1, 0.15) is 23.0 Å². The number of esters is 1. The number of aromatic nitrogens is 2. The van der Waals surface area contributed by atoms with E-state index >= 15 is 0 Å². The summed E-state index contributed by atoms with van der Waals surface area (Å²) in [6.45, 7) is 3.72. The van der Waals surface area contributed by atoms with E-state index in [2.05, 4.69) is 15.3 Å². The molecule has 6 nitrogen and oxygen atoms in total. The van der Waals surface area contributed by atoms with Gasteiger partial charge in [0.05, 0.1) is 12.0 Å². The average Bonchev–Trinajstić information content (AvgIpc) is 2.87. The number of carbonyl (C=O) groups is 1. The lowest BCUT2D eigenvalue weighted by Crippen LogP contribution is -2.06. The Morgan fingerprint density at radius 3 is 2.74 bits per heavy atom. The Balaban J connectivity index is 2.09. The molecule has 3 aromatic rings. The van der Waals surface area contributed by atoms with Crippen molar-refractivity contribution in [1.82, 2.24) is 9.97 Å². The molecule has 0 saturated heterocycles. The third-order valence-electron chi connectivity index (χ3n) is 3.25. The lowest BCUT2D eigenvalue weighted by Gasteiger charge is -2.07. The van der Waals surface area contributed by atoms with Gasteiger partial charge in [-0.1, -0.05) is 11.6 Å². The molecule has 2 aromatic heterocycles. The lowest BCUT2D eigenvalue weighted by molar-refractivity contribution is 0.0526. The number of fused-ring (bicyclic) bond motifs is 1. The van der Waals surface area contributed by atoms with Crippen LogP contribution in [0.15, 0.2) is 35.0 Å². The lowest BCUT2D eigenvalue weighted by atomic mass is 10.2. The summed E-state index contributed by atoms with van der Waals surface area (Å²) in [6.07, 6.45) is 1.37. The molecule has 0 fully saturated rings. The molecule has 2 heterocycles. The molecule has 1 aromatic carbocycles. The molecule has 1 N–H and O–H groups in total. The minimum Gasteiger partial charge on any atom is -0.462 e. The Bertz CT molecular complexity index is 859. The van der Waals surface area contributed by atoms with Crippen molar-refractivity contribution < 1.29 is 13.9 Å². The van der Waals surface area contributed by atoms with Crippen molar-refractivity contribution in [3.63, 3.8) is 0 Å². The molecular formula is C16H14ClN3O3. The van der Waals surface area contributed by atoms with Crippen LogP contribution in [0, 0.1) is 6.92 Å². The molecule has 0 atom stereocenters. The van der Waals surface area contributed by atoms with Crippen LogP contribution in [0.25, 0.3) is 11.1 Å². The van der Waals surface area contributed by atoms with Crippen molar-refractivity contribution in [2.75, 3.05) is 11.9 Å². The van der Waals surface area contributed by atoms with Crippen molar-refractivity contribution in [1.29, 1.82) is 0 Å². The first-order chi connectivity index (χ1) is 11.1. The van der Waals surface area contributed by atoms with Gasteiger partial charge in [0.2, 0.25) is 5.71 Å². The smallest absolute Gasteiger partial charge is 0.342 e. The molecule has 118 valence electrons. The highest BCUT2D eigenvalue weighted by atomic mass is 35.5. The molecule has 0 aliphatic carbocycles. The standard InChI is InChI=1S/C16H14ClN3O3/c1-3-22-16(21)12-9(2)23-15-13(12)14(18-8-19-15)20-11-6-4-10(17)5-7-11/h4-8H,3H2,1-2H3,(H,18,19,20). The quantitative estimate of drug-likeness (QED) is 0.725. The maximum Gasteiger partial charge on any atom is 0.342 e. The number of halogens is 1. The van der Waals surface area contributed by atoms with Crippen molar-refractivity contribution >= 4 is 40.2 Å². The fourth-order valence-electron chi connectivity index (χ4n) is 2.26. The van der Waals surface area contributed by atoms with Crippen LogP contribution in [-0.2, 0) is 4.74 Å². The van der Waals surface area contributed by atoms with Crippen LogP contribution >= 0.6 is 11.6 Å². The maximum absolute atomic E-state index is 12.2. The summed E-state index contributed by atoms with van der Waals surface area (Å²) in [5.41, 5.74) is 1.44. The molecule has 0 radical (unpaired) electrons. The summed E-state index contributed by atoms with van der Waals surface area (Å²) in [5, 5.41) is 4.28. The Hall–Kier alpha value is -2.60. The second kappa shape index (κ2) is 6.26. The van der Waals surface area contributed by atoms with Crippen molar-refractivity contribution in [2.45, 2.75) is 13.8 Å². The van der Waals surface area contributed by atoms with Gasteiger partial charge in [0.15, 0.2) is 0 Å². The second-order valence-corrected chi connectivity index (χ2v) is 5.22. The molecule has 0 aliphatic rings. The molecular weight excluding hydrogens is 318 g/mol. The Kier molecular flexibility index (Phi) is 4.16. The van der Waals surface area contributed by atoms with Gasteiger partial charge in [-0.05, 0) is 38.1 Å². The zero-order chi connectivity index (χ0) is 16.4. The Labute approximate surface area is 137 Å². The highest BCUT2D eigenvalue weighted by Gasteiger charge is 2.23. The zero-order valence-corrected chi connectivity index (χ0v) is 13.3. The predicted molar refractivity (Wildman–Crippen MR) is 87.2 cm³/mol. The van der Waals surface area contributed by atoms with E-state index in [9.17, 15) is 4.79 Å². The van der Waals surface area contributed by atoms with Gasteiger partial charge < -0.3 is 14.5 Å². The minimum atomic E-state index is -0.460. The van der Waals surface area contributed by atoms with Crippen molar-refractivity contribution in [3.05, 3.63) is 46.9 Å². The van der Waals surface area contributed by atoms with Crippen LogP contribution in [0.2, 0.25) is 5.02 Å². The normalized spacial score (nSPS) is 10.7. The first-order valence-electron chi connectivity index (χ1n) is 7.04. The maximum atomic E-state index is 12.2. The highest BCUT2D eigenvalue weighted by molar-refractivity contribution is 6.30. The summed E-state index contributed by atoms with van der Waals surface area (Å²) >= 11 is 5.88. The summed E-state index contributed by atoms with van der Waals surface area (Å²) in [5.74, 6) is 0.452. The van der Waals surface area contributed by atoms with E-state index in [0.717, 1.165) is 5.69 Å². The van der Waals surface area contributed by atoms with Gasteiger partial charge >= 0.3 is 5.97 Å². The molecule has 0 saturated carbocycles. The predicted octanol–water partition coefficient (Wildman–Crippen LogP) is 4.10.